The van der Waals surface area contributed by atoms with Crippen LogP contribution in [0, 0.1) is 6.92 Å². The Morgan fingerprint density at radius 2 is 2.12 bits per heavy atom. The third-order valence-electron chi connectivity index (χ3n) is 2.55. The summed E-state index contributed by atoms with van der Waals surface area (Å²) < 4.78 is 1.35. The number of hydrogen-bond acceptors (Lipinski definition) is 4. The molecule has 6 heteroatoms. The molecule has 0 spiro atoms. The van der Waals surface area contributed by atoms with Crippen molar-refractivity contribution in [2.24, 2.45) is 0 Å². The average Bonchev–Trinajstić information content (AvgIpc) is 2.56. The van der Waals surface area contributed by atoms with Crippen LogP contribution < -0.4 is 11.3 Å². The standard InChI is InChI=1S/C11H15N5O/c1-6(2)10-9(12)11(17)16(15-10)8-4-7(3)13-5-14-8/h4-6,15H,12H2,1-3H3. The van der Waals surface area contributed by atoms with Crippen LogP contribution in [0.5, 0.6) is 0 Å². The Kier molecular flexibility index (Phi) is 2.71. The summed E-state index contributed by atoms with van der Waals surface area (Å²) in [7, 11) is 0. The van der Waals surface area contributed by atoms with E-state index in [0.29, 0.717) is 5.82 Å². The van der Waals surface area contributed by atoms with Gasteiger partial charge in [-0.2, -0.15) is 4.68 Å². The van der Waals surface area contributed by atoms with Crippen LogP contribution in [0.2, 0.25) is 0 Å². The van der Waals surface area contributed by atoms with Crippen LogP contribution in [0.15, 0.2) is 17.2 Å². The number of aromatic amines is 1. The molecule has 0 bridgehead atoms. The molecular weight excluding hydrogens is 218 g/mol. The van der Waals surface area contributed by atoms with Crippen LogP contribution in [0.25, 0.3) is 5.82 Å². The van der Waals surface area contributed by atoms with Crippen LogP contribution in [0.3, 0.4) is 0 Å². The molecule has 0 amide bonds. The number of H-pyrrole nitrogens is 1. The molecule has 2 rings (SSSR count). The van der Waals surface area contributed by atoms with Gasteiger partial charge >= 0.3 is 0 Å². The molecule has 0 aromatic carbocycles. The van der Waals surface area contributed by atoms with Gasteiger partial charge in [0, 0.05) is 11.8 Å². The van der Waals surface area contributed by atoms with Crippen molar-refractivity contribution in [2.75, 3.05) is 5.73 Å². The third kappa shape index (κ3) is 1.93. The number of aromatic nitrogens is 4. The number of nitrogens with one attached hydrogen (secondary N) is 1. The predicted molar refractivity (Wildman–Crippen MR) is 65.2 cm³/mol. The first-order chi connectivity index (χ1) is 8.00. The van der Waals surface area contributed by atoms with Crippen LogP contribution in [-0.2, 0) is 0 Å². The minimum absolute atomic E-state index is 0.159. The third-order valence-corrected chi connectivity index (χ3v) is 2.55. The van der Waals surface area contributed by atoms with Crippen LogP contribution in [0.1, 0.15) is 31.2 Å². The van der Waals surface area contributed by atoms with Crippen molar-refractivity contribution in [2.45, 2.75) is 26.7 Å². The number of nitrogen functional groups attached to an aromatic ring is 1. The zero-order valence-electron chi connectivity index (χ0n) is 10.1. The van der Waals surface area contributed by atoms with Crippen molar-refractivity contribution in [1.29, 1.82) is 0 Å². The molecule has 6 nitrogen and oxygen atoms in total. The van der Waals surface area contributed by atoms with E-state index in [1.807, 2.05) is 20.8 Å². The second-order valence-corrected chi connectivity index (χ2v) is 4.25. The fourth-order valence-electron chi connectivity index (χ4n) is 1.63. The van der Waals surface area contributed by atoms with E-state index >= 15 is 0 Å². The van der Waals surface area contributed by atoms with E-state index < -0.39 is 0 Å². The molecule has 2 heterocycles. The molecule has 0 aliphatic heterocycles. The molecule has 2 aromatic heterocycles. The predicted octanol–water partition coefficient (Wildman–Crippen LogP) is 0.970. The second kappa shape index (κ2) is 4.04. The highest BCUT2D eigenvalue weighted by atomic mass is 16.1. The highest BCUT2D eigenvalue weighted by molar-refractivity contribution is 5.44. The van der Waals surface area contributed by atoms with Crippen molar-refractivity contribution in [1.82, 2.24) is 19.7 Å². The summed E-state index contributed by atoms with van der Waals surface area (Å²) >= 11 is 0. The van der Waals surface area contributed by atoms with E-state index in [0.717, 1.165) is 11.4 Å². The molecule has 0 unspecified atom stereocenters. The molecular formula is C11H15N5O. The molecule has 0 fully saturated rings. The minimum Gasteiger partial charge on any atom is -0.393 e. The van der Waals surface area contributed by atoms with E-state index in [9.17, 15) is 4.79 Å². The summed E-state index contributed by atoms with van der Waals surface area (Å²) in [5.41, 5.74) is 7.27. The van der Waals surface area contributed by atoms with Crippen molar-refractivity contribution in [3.8, 4) is 5.82 Å². The Labute approximate surface area is 98.5 Å². The molecule has 2 aromatic rings. The molecule has 0 radical (unpaired) electrons. The summed E-state index contributed by atoms with van der Waals surface area (Å²) in [4.78, 5) is 20.0. The van der Waals surface area contributed by atoms with Gasteiger partial charge in [0.05, 0.1) is 5.69 Å². The van der Waals surface area contributed by atoms with Gasteiger partial charge in [0.15, 0.2) is 5.82 Å². The van der Waals surface area contributed by atoms with E-state index in [4.69, 9.17) is 5.73 Å². The normalized spacial score (nSPS) is 11.1. The Morgan fingerprint density at radius 1 is 1.41 bits per heavy atom. The molecule has 0 saturated carbocycles. The number of hydrogen-bond donors (Lipinski definition) is 2. The summed E-state index contributed by atoms with van der Waals surface area (Å²) in [6, 6.07) is 1.72. The number of anilines is 1. The van der Waals surface area contributed by atoms with Gasteiger partial charge < -0.3 is 5.73 Å². The Morgan fingerprint density at radius 3 is 2.65 bits per heavy atom. The zero-order chi connectivity index (χ0) is 12.6. The maximum atomic E-state index is 12.0. The minimum atomic E-state index is -0.271. The lowest BCUT2D eigenvalue weighted by atomic mass is 10.1. The Hall–Kier alpha value is -2.11. The van der Waals surface area contributed by atoms with Crippen molar-refractivity contribution in [3.63, 3.8) is 0 Å². The first-order valence-corrected chi connectivity index (χ1v) is 5.40. The summed E-state index contributed by atoms with van der Waals surface area (Å²) in [5.74, 6) is 0.660. The van der Waals surface area contributed by atoms with Crippen LogP contribution in [0.4, 0.5) is 5.69 Å². The highest BCUT2D eigenvalue weighted by Crippen LogP contribution is 2.16. The van der Waals surface area contributed by atoms with Gasteiger partial charge in [0.2, 0.25) is 0 Å². The first kappa shape index (κ1) is 11.4. The van der Waals surface area contributed by atoms with Gasteiger partial charge in [-0.15, -0.1) is 0 Å². The molecule has 0 aliphatic carbocycles. The SMILES string of the molecule is Cc1cc(-n2[nH]c(C(C)C)c(N)c2=O)ncn1. The van der Waals surface area contributed by atoms with Gasteiger partial charge in [0.1, 0.15) is 12.0 Å². The number of nitrogens with zero attached hydrogens (tertiary/aromatic N) is 3. The van der Waals surface area contributed by atoms with Gasteiger partial charge in [-0.05, 0) is 12.8 Å². The first-order valence-electron chi connectivity index (χ1n) is 5.40. The fraction of sp³-hybridized carbons (Fsp3) is 0.364. The molecule has 0 atom stereocenters. The Bertz CT molecular complexity index is 596. The van der Waals surface area contributed by atoms with Gasteiger partial charge in [0.25, 0.3) is 5.56 Å². The monoisotopic (exact) mass is 233 g/mol. The largest absolute Gasteiger partial charge is 0.393 e. The van der Waals surface area contributed by atoms with E-state index in [1.54, 1.807) is 6.07 Å². The number of nitrogens with two attached hydrogens (primary N) is 1. The maximum absolute atomic E-state index is 12.0. The number of aryl methyl sites for hydroxylation is 1. The zero-order valence-corrected chi connectivity index (χ0v) is 10.1. The van der Waals surface area contributed by atoms with Crippen LogP contribution in [-0.4, -0.2) is 19.7 Å². The van der Waals surface area contributed by atoms with E-state index in [-0.39, 0.29) is 17.2 Å². The summed E-state index contributed by atoms with van der Waals surface area (Å²) in [6.07, 6.45) is 1.42. The fourth-order valence-corrected chi connectivity index (χ4v) is 1.63. The molecule has 0 aliphatic rings. The molecule has 17 heavy (non-hydrogen) atoms. The quantitative estimate of drug-likeness (QED) is 0.808. The second-order valence-electron chi connectivity index (χ2n) is 4.25. The lowest BCUT2D eigenvalue weighted by Gasteiger charge is -2.03. The van der Waals surface area contributed by atoms with Gasteiger partial charge in [-0.1, -0.05) is 13.8 Å². The van der Waals surface area contributed by atoms with E-state index in [2.05, 4.69) is 15.1 Å². The lowest BCUT2D eigenvalue weighted by Crippen LogP contribution is -2.18. The van der Waals surface area contributed by atoms with E-state index in [1.165, 1.54) is 11.0 Å². The van der Waals surface area contributed by atoms with Crippen molar-refractivity contribution < 1.29 is 0 Å². The molecule has 0 saturated heterocycles. The van der Waals surface area contributed by atoms with Gasteiger partial charge in [-0.3, -0.25) is 9.89 Å². The number of rotatable bonds is 2. The Balaban J connectivity index is 2.61. The molecule has 3 N–H and O–H groups in total. The van der Waals surface area contributed by atoms with Gasteiger partial charge in [-0.25, -0.2) is 9.97 Å². The lowest BCUT2D eigenvalue weighted by molar-refractivity contribution is 0.745. The molecule has 90 valence electrons. The van der Waals surface area contributed by atoms with Crippen molar-refractivity contribution in [3.05, 3.63) is 34.1 Å². The van der Waals surface area contributed by atoms with Crippen molar-refractivity contribution >= 4 is 5.69 Å². The maximum Gasteiger partial charge on any atom is 0.296 e. The topological polar surface area (TPSA) is 89.6 Å². The van der Waals surface area contributed by atoms with Crippen LogP contribution >= 0.6 is 0 Å². The average molecular weight is 233 g/mol. The summed E-state index contributed by atoms with van der Waals surface area (Å²) in [6.45, 7) is 5.78. The smallest absolute Gasteiger partial charge is 0.296 e. The highest BCUT2D eigenvalue weighted by Gasteiger charge is 2.15. The summed E-state index contributed by atoms with van der Waals surface area (Å²) in [5, 5.41) is 2.98.